The first-order valence-corrected chi connectivity index (χ1v) is 9.23. The van der Waals surface area contributed by atoms with Gasteiger partial charge in [-0.1, -0.05) is 17.7 Å². The van der Waals surface area contributed by atoms with Crippen LogP contribution in [-0.4, -0.2) is 23.7 Å². The second-order valence-corrected chi connectivity index (χ2v) is 6.97. The van der Waals surface area contributed by atoms with E-state index in [1.165, 1.54) is 18.7 Å². The van der Waals surface area contributed by atoms with Crippen LogP contribution in [0.15, 0.2) is 53.4 Å². The van der Waals surface area contributed by atoms with Crippen molar-refractivity contribution in [3.8, 4) is 6.07 Å². The monoisotopic (exact) mass is 388 g/mol. The second-order valence-electron chi connectivity index (χ2n) is 5.37. The summed E-state index contributed by atoms with van der Waals surface area (Å²) in [6.45, 7) is 1.51. The summed E-state index contributed by atoms with van der Waals surface area (Å²) in [6, 6.07) is 15.8. The van der Waals surface area contributed by atoms with Crippen molar-refractivity contribution < 1.29 is 14.3 Å². The zero-order chi connectivity index (χ0) is 18.9. The van der Waals surface area contributed by atoms with Crippen LogP contribution in [0.25, 0.3) is 0 Å². The molecule has 0 fully saturated rings. The smallest absolute Gasteiger partial charge is 0.307 e. The minimum atomic E-state index is -0.922. The van der Waals surface area contributed by atoms with Crippen LogP contribution in [-0.2, 0) is 14.3 Å². The summed E-state index contributed by atoms with van der Waals surface area (Å²) in [5.41, 5.74) is 0.918. The lowest BCUT2D eigenvalue weighted by Gasteiger charge is -2.13. The van der Waals surface area contributed by atoms with Crippen molar-refractivity contribution in [1.82, 2.24) is 0 Å². The normalized spacial score (nSPS) is 11.3. The number of nitrogens with one attached hydrogen (secondary N) is 1. The lowest BCUT2D eigenvalue weighted by Crippen LogP contribution is -2.30. The van der Waals surface area contributed by atoms with Crippen molar-refractivity contribution in [3.05, 3.63) is 59.1 Å². The number of halogens is 1. The first-order valence-electron chi connectivity index (χ1n) is 7.87. The number of benzene rings is 2. The van der Waals surface area contributed by atoms with Crippen molar-refractivity contribution in [2.24, 2.45) is 0 Å². The fourth-order valence-corrected chi connectivity index (χ4v) is 2.96. The van der Waals surface area contributed by atoms with Crippen molar-refractivity contribution >= 4 is 40.9 Å². The van der Waals surface area contributed by atoms with Crippen LogP contribution in [0.4, 0.5) is 5.69 Å². The number of hydrogen-bond donors (Lipinski definition) is 1. The Bertz CT molecular complexity index is 818. The first kappa shape index (κ1) is 19.8. The first-order chi connectivity index (χ1) is 12.5. The highest BCUT2D eigenvalue weighted by molar-refractivity contribution is 7.99. The topological polar surface area (TPSA) is 79.2 Å². The van der Waals surface area contributed by atoms with Gasteiger partial charge in [-0.05, 0) is 49.4 Å². The van der Waals surface area contributed by atoms with Crippen LogP contribution in [0.3, 0.4) is 0 Å². The molecule has 134 valence electrons. The molecule has 0 bridgehead atoms. The zero-order valence-electron chi connectivity index (χ0n) is 14.1. The molecule has 0 aliphatic carbocycles. The molecule has 0 aliphatic heterocycles. The zero-order valence-corrected chi connectivity index (χ0v) is 15.6. The maximum atomic E-state index is 12.1. The highest BCUT2D eigenvalue weighted by Gasteiger charge is 2.18. The number of anilines is 1. The number of carbonyl (C=O) groups excluding carboxylic acids is 2. The Hall–Kier alpha value is -2.49. The number of amides is 1. The van der Waals surface area contributed by atoms with Crippen LogP contribution in [0.2, 0.25) is 5.02 Å². The van der Waals surface area contributed by atoms with Crippen molar-refractivity contribution in [2.45, 2.75) is 24.3 Å². The Kier molecular flexibility index (Phi) is 7.52. The fraction of sp³-hybridized carbons (Fsp3) is 0.211. The van der Waals surface area contributed by atoms with E-state index in [2.05, 4.69) is 5.32 Å². The molecule has 2 aromatic carbocycles. The summed E-state index contributed by atoms with van der Waals surface area (Å²) < 4.78 is 5.15. The van der Waals surface area contributed by atoms with Crippen LogP contribution in [0.1, 0.15) is 18.9 Å². The van der Waals surface area contributed by atoms with E-state index in [9.17, 15) is 9.59 Å². The summed E-state index contributed by atoms with van der Waals surface area (Å²) in [5, 5.41) is 12.1. The van der Waals surface area contributed by atoms with Crippen LogP contribution >= 0.6 is 23.4 Å². The minimum Gasteiger partial charge on any atom is -0.453 e. The standard InChI is InChI=1S/C19H17ClN2O3S/c1-13(19(24)22-16-4-2-3-14(11-16)12-21)25-18(23)9-10-26-17-7-5-15(20)6-8-17/h2-8,11,13H,9-10H2,1H3,(H,22,24). The van der Waals surface area contributed by atoms with Gasteiger partial charge in [0.05, 0.1) is 18.1 Å². The fourth-order valence-electron chi connectivity index (χ4n) is 2.00. The summed E-state index contributed by atoms with van der Waals surface area (Å²) in [4.78, 5) is 25.0. The molecule has 26 heavy (non-hydrogen) atoms. The van der Waals surface area contributed by atoms with Gasteiger partial charge in [-0.2, -0.15) is 5.26 Å². The Morgan fingerprint density at radius 3 is 2.69 bits per heavy atom. The van der Waals surface area contributed by atoms with Crippen molar-refractivity contribution in [2.75, 3.05) is 11.1 Å². The van der Waals surface area contributed by atoms with E-state index in [-0.39, 0.29) is 6.42 Å². The third-order valence-corrected chi connectivity index (χ3v) is 4.59. The van der Waals surface area contributed by atoms with Gasteiger partial charge >= 0.3 is 5.97 Å². The summed E-state index contributed by atoms with van der Waals surface area (Å²) in [5.74, 6) is -0.349. The van der Waals surface area contributed by atoms with E-state index in [0.717, 1.165) is 4.90 Å². The molecule has 7 heteroatoms. The molecule has 5 nitrogen and oxygen atoms in total. The molecule has 1 atom stereocenters. The minimum absolute atomic E-state index is 0.189. The molecule has 1 unspecified atom stereocenters. The molecule has 2 aromatic rings. The number of rotatable bonds is 7. The summed E-state index contributed by atoms with van der Waals surface area (Å²) >= 11 is 7.33. The van der Waals surface area contributed by atoms with E-state index in [1.807, 2.05) is 18.2 Å². The highest BCUT2D eigenvalue weighted by Crippen LogP contribution is 2.21. The number of ether oxygens (including phenoxy) is 1. The van der Waals surface area contributed by atoms with Crippen molar-refractivity contribution in [1.29, 1.82) is 5.26 Å². The van der Waals surface area contributed by atoms with E-state index >= 15 is 0 Å². The molecule has 0 heterocycles. The SMILES string of the molecule is CC(OC(=O)CCSc1ccc(Cl)cc1)C(=O)Nc1cccc(C#N)c1. The van der Waals surface area contributed by atoms with Crippen LogP contribution in [0.5, 0.6) is 0 Å². The third kappa shape index (κ3) is 6.43. The predicted molar refractivity (Wildman–Crippen MR) is 102 cm³/mol. The largest absolute Gasteiger partial charge is 0.453 e. The molecule has 0 radical (unpaired) electrons. The summed E-state index contributed by atoms with van der Waals surface area (Å²) in [7, 11) is 0. The molecule has 0 spiro atoms. The van der Waals surface area contributed by atoms with Gasteiger partial charge in [-0.15, -0.1) is 11.8 Å². The lowest BCUT2D eigenvalue weighted by molar-refractivity contribution is -0.152. The molecule has 2 rings (SSSR count). The molecule has 1 N–H and O–H groups in total. The number of hydrogen-bond acceptors (Lipinski definition) is 5. The Balaban J connectivity index is 1.75. The molecule has 1 amide bonds. The van der Waals surface area contributed by atoms with Gasteiger partial charge in [0.2, 0.25) is 0 Å². The van der Waals surface area contributed by atoms with Crippen LogP contribution in [0, 0.1) is 11.3 Å². The number of nitriles is 1. The van der Waals surface area contributed by atoms with Crippen LogP contribution < -0.4 is 5.32 Å². The van der Waals surface area contributed by atoms with E-state index in [1.54, 1.807) is 36.4 Å². The van der Waals surface area contributed by atoms with Gasteiger partial charge in [0.15, 0.2) is 6.10 Å². The lowest BCUT2D eigenvalue weighted by atomic mass is 10.2. The predicted octanol–water partition coefficient (Wildman–Crippen LogP) is 4.26. The van der Waals surface area contributed by atoms with Crippen molar-refractivity contribution in [3.63, 3.8) is 0 Å². The summed E-state index contributed by atoms with van der Waals surface area (Å²) in [6.07, 6.45) is -0.733. The van der Waals surface area contributed by atoms with Gasteiger partial charge in [0.25, 0.3) is 5.91 Å². The molecular formula is C19H17ClN2O3S. The second kappa shape index (κ2) is 9.85. The number of esters is 1. The van der Waals surface area contributed by atoms with Gasteiger partial charge in [0, 0.05) is 21.4 Å². The van der Waals surface area contributed by atoms with E-state index in [0.29, 0.717) is 22.0 Å². The van der Waals surface area contributed by atoms with Gasteiger partial charge in [-0.3, -0.25) is 9.59 Å². The van der Waals surface area contributed by atoms with Gasteiger partial charge in [-0.25, -0.2) is 0 Å². The number of nitrogens with zero attached hydrogens (tertiary/aromatic N) is 1. The average Bonchev–Trinajstić information content (AvgIpc) is 2.63. The van der Waals surface area contributed by atoms with Gasteiger partial charge in [0.1, 0.15) is 0 Å². The molecule has 0 saturated heterocycles. The number of carbonyl (C=O) groups is 2. The third-order valence-electron chi connectivity index (χ3n) is 3.33. The molecular weight excluding hydrogens is 372 g/mol. The Labute approximate surface area is 161 Å². The Morgan fingerprint density at radius 2 is 2.00 bits per heavy atom. The van der Waals surface area contributed by atoms with E-state index < -0.39 is 18.0 Å². The molecule has 0 aliphatic rings. The maximum absolute atomic E-state index is 12.1. The molecule has 0 aromatic heterocycles. The van der Waals surface area contributed by atoms with E-state index in [4.69, 9.17) is 21.6 Å². The van der Waals surface area contributed by atoms with Gasteiger partial charge < -0.3 is 10.1 Å². The molecule has 0 saturated carbocycles. The average molecular weight is 389 g/mol. The maximum Gasteiger partial charge on any atom is 0.307 e. The number of thioether (sulfide) groups is 1. The highest BCUT2D eigenvalue weighted by atomic mass is 35.5. The quantitative estimate of drug-likeness (QED) is 0.566. The Morgan fingerprint density at radius 1 is 1.27 bits per heavy atom.